The molecule has 1 saturated carbocycles. The molecule has 12 heteroatoms. The molecule has 0 unspecified atom stereocenters. The van der Waals surface area contributed by atoms with Crippen molar-refractivity contribution in [3.63, 3.8) is 0 Å². The first kappa shape index (κ1) is 36.8. The molecule has 2 aliphatic heterocycles. The Morgan fingerprint density at radius 2 is 1.83 bits per heavy atom. The monoisotopic (exact) mass is 712 g/mol. The fourth-order valence-corrected chi connectivity index (χ4v) is 7.10. The first-order valence-corrected chi connectivity index (χ1v) is 18.0. The highest BCUT2D eigenvalue weighted by molar-refractivity contribution is 6.02. The second-order valence-electron chi connectivity index (χ2n) is 14.8. The van der Waals surface area contributed by atoms with Crippen molar-refractivity contribution in [1.82, 2.24) is 15.2 Å². The van der Waals surface area contributed by atoms with Crippen LogP contribution in [0.25, 0.3) is 22.2 Å². The number of nitrogens with one attached hydrogen (secondary N) is 1. The molecule has 0 radical (unpaired) electrons. The lowest BCUT2D eigenvalue weighted by Gasteiger charge is -2.36. The minimum atomic E-state index is -1.98. The molecule has 1 saturated heterocycles. The van der Waals surface area contributed by atoms with Gasteiger partial charge in [-0.05, 0) is 65.5 Å². The molecule has 5 atom stereocenters. The van der Waals surface area contributed by atoms with Crippen molar-refractivity contribution in [3.8, 4) is 22.8 Å². The lowest BCUT2D eigenvalue weighted by Crippen LogP contribution is -2.67. The Bertz CT molecular complexity index is 1870. The number of rotatable bonds is 7. The topological polar surface area (TPSA) is 159 Å². The number of hydrogen-bond acceptors (Lipinski definition) is 10. The molecular weight excluding hydrogens is 664 g/mol. The third-order valence-electron chi connectivity index (χ3n) is 9.87. The Balaban J connectivity index is 1.40. The van der Waals surface area contributed by atoms with Crippen molar-refractivity contribution in [2.45, 2.75) is 89.1 Å². The molecule has 3 N–H and O–H groups in total. The van der Waals surface area contributed by atoms with Gasteiger partial charge in [0.05, 0.1) is 31.5 Å². The van der Waals surface area contributed by atoms with Gasteiger partial charge in [0.2, 0.25) is 5.91 Å². The number of fused-ring (bicyclic) bond motifs is 3. The zero-order chi connectivity index (χ0) is 37.3. The van der Waals surface area contributed by atoms with E-state index in [1.807, 2.05) is 60.7 Å². The van der Waals surface area contributed by atoms with Gasteiger partial charge in [0, 0.05) is 35.4 Å². The Labute approximate surface area is 304 Å². The number of nitrogens with zero attached hydrogens (tertiary/aromatic N) is 2. The number of benzene rings is 2. The molecule has 2 fully saturated rings. The number of hydrogen-bond donors (Lipinski definition) is 2. The van der Waals surface area contributed by atoms with Crippen LogP contribution in [0.2, 0.25) is 0 Å². The molecule has 276 valence electrons. The van der Waals surface area contributed by atoms with Crippen molar-refractivity contribution < 1.29 is 38.1 Å². The van der Waals surface area contributed by atoms with E-state index in [4.69, 9.17) is 29.7 Å². The van der Waals surface area contributed by atoms with Crippen LogP contribution in [0.3, 0.4) is 0 Å². The van der Waals surface area contributed by atoms with E-state index in [0.717, 1.165) is 5.56 Å². The summed E-state index contributed by atoms with van der Waals surface area (Å²) in [6.45, 7) is 6.96. The van der Waals surface area contributed by atoms with Crippen LogP contribution in [0.5, 0.6) is 11.5 Å². The number of esters is 2. The second-order valence-corrected chi connectivity index (χ2v) is 14.8. The van der Waals surface area contributed by atoms with Gasteiger partial charge in [-0.25, -0.2) is 9.78 Å². The first-order valence-electron chi connectivity index (χ1n) is 18.0. The van der Waals surface area contributed by atoms with Crippen molar-refractivity contribution in [2.75, 3.05) is 20.3 Å². The molecule has 2 amide bonds. The highest BCUT2D eigenvalue weighted by Gasteiger charge is 2.64. The predicted octanol–water partition coefficient (Wildman–Crippen LogP) is 5.07. The van der Waals surface area contributed by atoms with Gasteiger partial charge in [-0.2, -0.15) is 0 Å². The van der Waals surface area contributed by atoms with E-state index in [0.29, 0.717) is 53.8 Å². The average molecular weight is 713 g/mol. The highest BCUT2D eigenvalue weighted by atomic mass is 16.6. The summed E-state index contributed by atoms with van der Waals surface area (Å²) < 4.78 is 23.3. The van der Waals surface area contributed by atoms with Crippen LogP contribution in [-0.2, 0) is 28.7 Å². The maximum absolute atomic E-state index is 14.6. The van der Waals surface area contributed by atoms with Gasteiger partial charge >= 0.3 is 11.9 Å². The first-order chi connectivity index (χ1) is 24.8. The average Bonchev–Trinajstić information content (AvgIpc) is 3.70. The van der Waals surface area contributed by atoms with Crippen molar-refractivity contribution in [1.29, 1.82) is 0 Å². The molecule has 0 bridgehead atoms. The summed E-state index contributed by atoms with van der Waals surface area (Å²) >= 11 is 0. The Morgan fingerprint density at radius 3 is 2.54 bits per heavy atom. The summed E-state index contributed by atoms with van der Waals surface area (Å²) in [5, 5.41) is 3.59. The van der Waals surface area contributed by atoms with Crippen LogP contribution in [0, 0.1) is 11.8 Å². The van der Waals surface area contributed by atoms with Crippen molar-refractivity contribution in [3.05, 3.63) is 66.7 Å². The molecule has 52 heavy (non-hydrogen) atoms. The number of carbonyl (C=O) groups excluding carboxylic acids is 4. The number of carbonyl (C=O) groups is 4. The highest BCUT2D eigenvalue weighted by Crippen LogP contribution is 2.47. The third kappa shape index (κ3) is 7.48. The number of aromatic nitrogens is 1. The summed E-state index contributed by atoms with van der Waals surface area (Å²) in [7, 11) is 1.58. The number of nitrogens with two attached hydrogens (primary N) is 1. The van der Waals surface area contributed by atoms with Gasteiger partial charge in [0.25, 0.3) is 5.91 Å². The summed E-state index contributed by atoms with van der Waals surface area (Å²) in [6, 6.07) is 16.9. The van der Waals surface area contributed by atoms with Crippen LogP contribution >= 0.6 is 0 Å². The maximum atomic E-state index is 14.6. The smallest absolute Gasteiger partial charge is 0.332 e. The van der Waals surface area contributed by atoms with E-state index in [2.05, 4.69) is 5.32 Å². The van der Waals surface area contributed by atoms with E-state index >= 15 is 0 Å². The summed E-state index contributed by atoms with van der Waals surface area (Å²) in [5.74, 6) is -3.00. The molecule has 1 aromatic heterocycles. The largest absolute Gasteiger partial charge is 0.497 e. The fourth-order valence-electron chi connectivity index (χ4n) is 7.10. The van der Waals surface area contributed by atoms with E-state index in [-0.39, 0.29) is 31.9 Å². The van der Waals surface area contributed by atoms with Crippen LogP contribution in [0.1, 0.15) is 66.2 Å². The maximum Gasteiger partial charge on any atom is 0.332 e. The summed E-state index contributed by atoms with van der Waals surface area (Å²) in [5.41, 5.74) is 5.03. The fraction of sp³-hybridized carbons (Fsp3) is 0.475. The Kier molecular flexibility index (Phi) is 10.3. The van der Waals surface area contributed by atoms with Gasteiger partial charge < -0.3 is 34.9 Å². The lowest BCUT2D eigenvalue weighted by molar-refractivity contribution is -0.167. The van der Waals surface area contributed by atoms with Gasteiger partial charge in [0.15, 0.2) is 5.66 Å². The molecule has 1 aliphatic carbocycles. The molecule has 3 aliphatic rings. The number of methoxy groups -OCH3 is 1. The standard InChI is InChI=1S/C40H48N4O8/c1-6-50-37(48)39-22-26(39)16-12-7-8-13-17-30(35(46)52-38(2,3)4)34(45)44-24-28(23-40(44,41)36(47)43-39)51-33-21-31(25-14-10-9-11-15-25)42-32-20-27(49-5)18-19-29(32)33/h9-12,14-16,18-21,26,28,30H,6-8,13,17,22-24,41H2,1-5H3,(H,43,47)/b16-12-/t26-,28-,30+,39-,40+/m1/s1. The predicted molar refractivity (Wildman–Crippen MR) is 194 cm³/mol. The molecule has 12 nitrogen and oxygen atoms in total. The normalized spacial score (nSPS) is 27.0. The minimum absolute atomic E-state index is 0.0988. The number of amides is 2. The summed E-state index contributed by atoms with van der Waals surface area (Å²) in [4.78, 5) is 62.1. The van der Waals surface area contributed by atoms with Gasteiger partial charge in [-0.1, -0.05) is 48.9 Å². The van der Waals surface area contributed by atoms with Crippen LogP contribution in [0.4, 0.5) is 0 Å². The van der Waals surface area contributed by atoms with Crippen LogP contribution in [0.15, 0.2) is 66.7 Å². The molecule has 0 spiro atoms. The molecule has 3 aromatic rings. The van der Waals surface area contributed by atoms with Crippen molar-refractivity contribution in [2.24, 2.45) is 17.6 Å². The zero-order valence-corrected chi connectivity index (χ0v) is 30.5. The Morgan fingerprint density at radius 1 is 1.06 bits per heavy atom. The molecular formula is C40H48N4O8. The SMILES string of the molecule is CCOC(=O)[C@@]12C[C@H]1/C=C\CCCC[C@H](C(=O)OC(C)(C)C)C(=O)N1C[C@H](Oc3cc(-c4ccccc4)nc4cc(OC)ccc34)C[C@@]1(N)C(=O)N2. The van der Waals surface area contributed by atoms with Crippen molar-refractivity contribution >= 4 is 34.7 Å². The van der Waals surface area contributed by atoms with Gasteiger partial charge in [-0.15, -0.1) is 0 Å². The number of ether oxygens (including phenoxy) is 4. The quantitative estimate of drug-likeness (QED) is 0.192. The second kappa shape index (κ2) is 14.6. The van der Waals surface area contributed by atoms with Gasteiger partial charge in [0.1, 0.15) is 34.7 Å². The molecule has 2 aromatic carbocycles. The van der Waals surface area contributed by atoms with Crippen LogP contribution < -0.4 is 20.5 Å². The molecule has 3 heterocycles. The number of pyridine rings is 1. The van der Waals surface area contributed by atoms with E-state index < -0.39 is 52.6 Å². The van der Waals surface area contributed by atoms with E-state index in [9.17, 15) is 19.2 Å². The minimum Gasteiger partial charge on any atom is -0.497 e. The Hall–Kier alpha value is -4.97. The third-order valence-corrected chi connectivity index (χ3v) is 9.87. The van der Waals surface area contributed by atoms with Crippen LogP contribution in [-0.4, -0.2) is 76.8 Å². The van der Waals surface area contributed by atoms with E-state index in [1.165, 1.54) is 4.90 Å². The number of allylic oxidation sites excluding steroid dienone is 1. The molecule has 6 rings (SSSR count). The summed E-state index contributed by atoms with van der Waals surface area (Å²) in [6.07, 6.45) is 5.49. The lowest BCUT2D eigenvalue weighted by atomic mass is 9.96. The van der Waals surface area contributed by atoms with E-state index in [1.54, 1.807) is 40.9 Å². The van der Waals surface area contributed by atoms with Gasteiger partial charge in [-0.3, -0.25) is 14.4 Å². The zero-order valence-electron chi connectivity index (χ0n) is 30.5.